The van der Waals surface area contributed by atoms with Crippen LogP contribution in [0.4, 0.5) is 13.2 Å². The van der Waals surface area contributed by atoms with Gasteiger partial charge in [0.1, 0.15) is 17.2 Å². The van der Waals surface area contributed by atoms with Gasteiger partial charge in [0.2, 0.25) is 10.0 Å². The van der Waals surface area contributed by atoms with Gasteiger partial charge in [-0.1, -0.05) is 12.1 Å². The van der Waals surface area contributed by atoms with Crippen LogP contribution in [0.3, 0.4) is 0 Å². The molecule has 31 heavy (non-hydrogen) atoms. The number of ether oxygens (including phenoxy) is 3. The highest BCUT2D eigenvalue weighted by atomic mass is 32.2. The molecule has 2 aromatic rings. The number of hydrogen-bond acceptors (Lipinski definition) is 5. The summed E-state index contributed by atoms with van der Waals surface area (Å²) >= 11 is 0. The van der Waals surface area contributed by atoms with E-state index in [1.54, 1.807) is 18.2 Å². The van der Waals surface area contributed by atoms with Crippen molar-refractivity contribution < 1.29 is 35.8 Å². The lowest BCUT2D eigenvalue weighted by Crippen LogP contribution is -2.34. The lowest BCUT2D eigenvalue weighted by Gasteiger charge is -2.27. The van der Waals surface area contributed by atoms with Crippen molar-refractivity contribution >= 4 is 15.6 Å². The van der Waals surface area contributed by atoms with Gasteiger partial charge < -0.3 is 14.2 Å². The minimum Gasteiger partial charge on any atom is -0.496 e. The van der Waals surface area contributed by atoms with Crippen LogP contribution < -0.4 is 14.2 Å². The molecule has 0 spiro atoms. The molecule has 0 unspecified atom stereocenters. The van der Waals surface area contributed by atoms with Crippen LogP contribution in [-0.4, -0.2) is 47.1 Å². The molecule has 1 aliphatic heterocycles. The second-order valence-corrected chi connectivity index (χ2v) is 8.71. The van der Waals surface area contributed by atoms with Gasteiger partial charge in [-0.3, -0.25) is 0 Å². The third-order valence-corrected chi connectivity index (χ3v) is 6.87. The molecule has 10 heteroatoms. The fourth-order valence-corrected chi connectivity index (χ4v) is 4.83. The topological polar surface area (TPSA) is 65.1 Å². The summed E-state index contributed by atoms with van der Waals surface area (Å²) in [5, 5.41) is 0. The SMILES string of the molecule is COc1cc(OC)c(C2=CCN(S(=O)(=O)c3cccc(C(F)(F)F)c3)CC2)c(OC)c1. The molecule has 6 nitrogen and oxygen atoms in total. The molecular formula is C21H22F3NO5S. The van der Waals surface area contributed by atoms with Crippen molar-refractivity contribution in [2.75, 3.05) is 34.4 Å². The highest BCUT2D eigenvalue weighted by Crippen LogP contribution is 2.41. The van der Waals surface area contributed by atoms with Gasteiger partial charge in [0.25, 0.3) is 0 Å². The molecular weight excluding hydrogens is 435 g/mol. The Labute approximate surface area is 178 Å². The Balaban J connectivity index is 1.92. The molecule has 0 amide bonds. The number of rotatable bonds is 6. The van der Waals surface area contributed by atoms with Gasteiger partial charge in [0, 0.05) is 25.2 Å². The molecule has 0 atom stereocenters. The summed E-state index contributed by atoms with van der Waals surface area (Å²) in [7, 11) is 0.443. The Bertz CT molecular complexity index is 1070. The predicted molar refractivity (Wildman–Crippen MR) is 109 cm³/mol. The Hall–Kier alpha value is -2.72. The van der Waals surface area contributed by atoms with Crippen LogP contribution in [0, 0.1) is 0 Å². The van der Waals surface area contributed by atoms with Crippen LogP contribution in [-0.2, 0) is 16.2 Å². The highest BCUT2D eigenvalue weighted by Gasteiger charge is 2.33. The zero-order chi connectivity index (χ0) is 22.8. The number of methoxy groups -OCH3 is 3. The summed E-state index contributed by atoms with van der Waals surface area (Å²) in [5.74, 6) is 1.57. The van der Waals surface area contributed by atoms with Crippen LogP contribution >= 0.6 is 0 Å². The van der Waals surface area contributed by atoms with Crippen molar-refractivity contribution in [3.8, 4) is 17.2 Å². The van der Waals surface area contributed by atoms with E-state index in [9.17, 15) is 21.6 Å². The first kappa shape index (κ1) is 23.0. The van der Waals surface area contributed by atoms with Crippen LogP contribution in [0.5, 0.6) is 17.2 Å². The van der Waals surface area contributed by atoms with Gasteiger partial charge >= 0.3 is 6.18 Å². The van der Waals surface area contributed by atoms with E-state index in [1.165, 1.54) is 27.4 Å². The van der Waals surface area contributed by atoms with Crippen LogP contribution in [0.25, 0.3) is 5.57 Å². The summed E-state index contributed by atoms with van der Waals surface area (Å²) in [4.78, 5) is -0.390. The average Bonchev–Trinajstić information content (AvgIpc) is 2.77. The summed E-state index contributed by atoms with van der Waals surface area (Å²) in [6.07, 6.45) is -2.58. The molecule has 3 rings (SSSR count). The van der Waals surface area contributed by atoms with Crippen molar-refractivity contribution in [1.29, 1.82) is 0 Å². The van der Waals surface area contributed by atoms with Crippen molar-refractivity contribution in [2.24, 2.45) is 0 Å². The minimum absolute atomic E-state index is 0.00620. The molecule has 0 N–H and O–H groups in total. The molecule has 0 saturated carbocycles. The van der Waals surface area contributed by atoms with Gasteiger partial charge in [0.05, 0.1) is 37.4 Å². The van der Waals surface area contributed by atoms with E-state index < -0.39 is 26.7 Å². The molecule has 1 aliphatic rings. The monoisotopic (exact) mass is 457 g/mol. The zero-order valence-electron chi connectivity index (χ0n) is 17.2. The summed E-state index contributed by atoms with van der Waals surface area (Å²) < 4.78 is 82.0. The zero-order valence-corrected chi connectivity index (χ0v) is 18.0. The van der Waals surface area contributed by atoms with E-state index in [2.05, 4.69) is 0 Å². The van der Waals surface area contributed by atoms with E-state index in [4.69, 9.17) is 14.2 Å². The Morgan fingerprint density at radius 1 is 0.968 bits per heavy atom. The molecule has 0 aromatic heterocycles. The van der Waals surface area contributed by atoms with Crippen LogP contribution in [0.2, 0.25) is 0 Å². The lowest BCUT2D eigenvalue weighted by atomic mass is 9.98. The molecule has 0 bridgehead atoms. The summed E-state index contributed by atoms with van der Waals surface area (Å²) in [6, 6.07) is 7.15. The quantitative estimate of drug-likeness (QED) is 0.650. The number of alkyl halides is 3. The first-order valence-electron chi connectivity index (χ1n) is 9.28. The Kier molecular flexibility index (Phi) is 6.51. The van der Waals surface area contributed by atoms with Gasteiger partial charge in [-0.2, -0.15) is 17.5 Å². The van der Waals surface area contributed by atoms with Gasteiger partial charge in [-0.05, 0) is 30.2 Å². The van der Waals surface area contributed by atoms with Crippen molar-refractivity contribution in [2.45, 2.75) is 17.5 Å². The van der Waals surface area contributed by atoms with Crippen molar-refractivity contribution in [1.82, 2.24) is 4.31 Å². The highest BCUT2D eigenvalue weighted by molar-refractivity contribution is 7.89. The van der Waals surface area contributed by atoms with E-state index in [-0.39, 0.29) is 13.1 Å². The average molecular weight is 457 g/mol. The molecule has 2 aromatic carbocycles. The summed E-state index contributed by atoms with van der Waals surface area (Å²) in [5.41, 5.74) is 0.489. The Morgan fingerprint density at radius 3 is 2.10 bits per heavy atom. The molecule has 0 saturated heterocycles. The second-order valence-electron chi connectivity index (χ2n) is 6.77. The molecule has 0 aliphatic carbocycles. The fraction of sp³-hybridized carbons (Fsp3) is 0.333. The number of halogens is 3. The van der Waals surface area contributed by atoms with E-state index in [0.717, 1.165) is 22.0 Å². The smallest absolute Gasteiger partial charge is 0.416 e. The van der Waals surface area contributed by atoms with Crippen molar-refractivity contribution in [3.05, 3.63) is 53.6 Å². The number of sulfonamides is 1. The number of benzene rings is 2. The normalized spacial score (nSPS) is 15.4. The molecule has 0 fully saturated rings. The fourth-order valence-electron chi connectivity index (χ4n) is 3.40. The maximum atomic E-state index is 13.0. The molecule has 168 valence electrons. The van der Waals surface area contributed by atoms with Crippen LogP contribution in [0.15, 0.2) is 47.4 Å². The van der Waals surface area contributed by atoms with Gasteiger partial charge in [-0.25, -0.2) is 8.42 Å². The molecule has 0 radical (unpaired) electrons. The predicted octanol–water partition coefficient (Wildman–Crippen LogP) is 4.21. The van der Waals surface area contributed by atoms with E-state index in [1.807, 2.05) is 0 Å². The maximum Gasteiger partial charge on any atom is 0.416 e. The largest absolute Gasteiger partial charge is 0.496 e. The lowest BCUT2D eigenvalue weighted by molar-refractivity contribution is -0.137. The van der Waals surface area contributed by atoms with E-state index >= 15 is 0 Å². The standard InChI is InChI=1S/C21H22F3NO5S/c1-28-16-12-18(29-2)20(19(13-16)30-3)14-7-9-25(10-8-14)31(26,27)17-6-4-5-15(11-17)21(22,23)24/h4-7,11-13H,8-10H2,1-3H3. The molecule has 1 heterocycles. The minimum atomic E-state index is -4.62. The van der Waals surface area contributed by atoms with Crippen LogP contribution in [0.1, 0.15) is 17.5 Å². The first-order chi connectivity index (χ1) is 14.6. The Morgan fingerprint density at radius 2 is 1.61 bits per heavy atom. The van der Waals surface area contributed by atoms with E-state index in [0.29, 0.717) is 35.3 Å². The van der Waals surface area contributed by atoms with Crippen molar-refractivity contribution in [3.63, 3.8) is 0 Å². The maximum absolute atomic E-state index is 13.0. The number of hydrogen-bond donors (Lipinski definition) is 0. The second kappa shape index (κ2) is 8.80. The number of nitrogens with zero attached hydrogens (tertiary/aromatic N) is 1. The third kappa shape index (κ3) is 4.64. The summed E-state index contributed by atoms with van der Waals surface area (Å²) in [6.45, 7) is 0.106. The van der Waals surface area contributed by atoms with Gasteiger partial charge in [0.15, 0.2) is 0 Å². The third-order valence-electron chi connectivity index (χ3n) is 5.01. The van der Waals surface area contributed by atoms with Gasteiger partial charge in [-0.15, -0.1) is 0 Å². The first-order valence-corrected chi connectivity index (χ1v) is 10.7.